The average molecular weight is 502 g/mol. The molecule has 1 heterocycles. The first-order valence-electron chi connectivity index (χ1n) is 8.97. The Kier molecular flexibility index (Phi) is 7.75. The number of hydrogen-bond acceptors (Lipinski definition) is 8. The topological polar surface area (TPSA) is 146 Å². The van der Waals surface area contributed by atoms with Crippen LogP contribution in [-0.4, -0.2) is 48.2 Å². The van der Waals surface area contributed by atoms with E-state index in [1.54, 1.807) is 27.0 Å². The smallest absolute Gasteiger partial charge is 0.443 e. The molecule has 0 bridgehead atoms. The van der Waals surface area contributed by atoms with Crippen LogP contribution in [0.4, 0.5) is 22.2 Å². The second kappa shape index (κ2) is 9.69. The number of nitrogens with zero attached hydrogens (tertiary/aromatic N) is 3. The predicted octanol–water partition coefficient (Wildman–Crippen LogP) is 4.01. The normalized spacial score (nSPS) is 14.4. The van der Waals surface area contributed by atoms with Crippen LogP contribution in [0.25, 0.3) is 0 Å². The average Bonchev–Trinajstić information content (AvgIpc) is 2.64. The fraction of sp³-hybridized carbons (Fsp3) is 0.389. The molecule has 0 spiro atoms. The number of aliphatic hydroxyl groups is 1. The molecule has 30 heavy (non-hydrogen) atoms. The number of aromatic nitrogens is 2. The van der Waals surface area contributed by atoms with E-state index in [0.717, 1.165) is 0 Å². The summed E-state index contributed by atoms with van der Waals surface area (Å²) in [5, 5.41) is 16.2. The third kappa shape index (κ3) is 6.62. The summed E-state index contributed by atoms with van der Waals surface area (Å²) in [5.41, 5.74) is -0.409. The molecule has 2 atom stereocenters. The predicted molar refractivity (Wildman–Crippen MR) is 117 cm³/mol. The molecular formula is C18H24BrN5O5S. The number of halogens is 1. The first-order chi connectivity index (χ1) is 13.9. The minimum absolute atomic E-state index is 0.0424. The number of rotatable bonds is 7. The van der Waals surface area contributed by atoms with E-state index in [1.807, 2.05) is 6.92 Å². The largest absolute Gasteiger partial charge is 0.448 e. The highest BCUT2D eigenvalue weighted by Gasteiger charge is 2.23. The van der Waals surface area contributed by atoms with Crippen molar-refractivity contribution in [2.24, 2.45) is 4.36 Å². The summed E-state index contributed by atoms with van der Waals surface area (Å²) >= 11 is 3.37. The third-order valence-corrected chi connectivity index (χ3v) is 5.90. The van der Waals surface area contributed by atoms with E-state index in [-0.39, 0.29) is 23.5 Å². The first-order valence-corrected chi connectivity index (χ1v) is 11.2. The molecule has 164 valence electrons. The van der Waals surface area contributed by atoms with E-state index in [1.165, 1.54) is 24.3 Å². The SMILES string of the molecule is CCOC(=O)N=S(=O)(O)c1ccc(Nc2ncc(Br)c(N[C@H](C)C(C)(C)O)n2)cc1. The summed E-state index contributed by atoms with van der Waals surface area (Å²) in [5.74, 6) is 0.766. The second-order valence-corrected chi connectivity index (χ2v) is 9.35. The lowest BCUT2D eigenvalue weighted by Crippen LogP contribution is -2.39. The van der Waals surface area contributed by atoms with Gasteiger partial charge >= 0.3 is 6.09 Å². The standard InChI is InChI=1S/C18H24BrN5O5S/c1-5-29-17(25)24-30(27,28)13-8-6-12(7-9-13)22-16-20-10-14(19)15(23-16)21-11(2)18(3,4)26/h6-11,26H,5H2,1-4H3,(H2,20,21,22,23)(H,24,25,27,28)/t11-/m1/s1. The summed E-state index contributed by atoms with van der Waals surface area (Å²) in [6.45, 7) is 6.83. The number of carbonyl (C=O) groups excluding carboxylic acids is 1. The molecule has 0 aliphatic carbocycles. The minimum atomic E-state index is -3.91. The molecule has 0 fully saturated rings. The molecule has 0 saturated heterocycles. The van der Waals surface area contributed by atoms with Gasteiger partial charge in [-0.15, -0.1) is 0 Å². The Balaban J connectivity index is 2.19. The van der Waals surface area contributed by atoms with Crippen molar-refractivity contribution in [3.63, 3.8) is 0 Å². The number of nitrogens with one attached hydrogen (secondary N) is 2. The molecule has 0 radical (unpaired) electrons. The van der Waals surface area contributed by atoms with Gasteiger partial charge < -0.3 is 20.5 Å². The molecular weight excluding hydrogens is 478 g/mol. The molecule has 1 aromatic carbocycles. The zero-order valence-corrected chi connectivity index (χ0v) is 19.3. The zero-order chi connectivity index (χ0) is 22.5. The maximum Gasteiger partial charge on any atom is 0.443 e. The van der Waals surface area contributed by atoms with Crippen molar-refractivity contribution < 1.29 is 23.4 Å². The van der Waals surface area contributed by atoms with E-state index in [9.17, 15) is 18.7 Å². The zero-order valence-electron chi connectivity index (χ0n) is 16.9. The van der Waals surface area contributed by atoms with Crippen LogP contribution >= 0.6 is 15.9 Å². The summed E-state index contributed by atoms with van der Waals surface area (Å²) < 4.78 is 30.6. The highest BCUT2D eigenvalue weighted by molar-refractivity contribution is 9.10. The quantitative estimate of drug-likeness (QED) is 0.441. The molecule has 10 nitrogen and oxygen atoms in total. The van der Waals surface area contributed by atoms with Crippen LogP contribution < -0.4 is 10.6 Å². The molecule has 1 amide bonds. The van der Waals surface area contributed by atoms with Gasteiger partial charge in [0, 0.05) is 11.9 Å². The maximum atomic E-state index is 12.2. The fourth-order valence-electron chi connectivity index (χ4n) is 2.06. The molecule has 1 unspecified atom stereocenters. The van der Waals surface area contributed by atoms with Gasteiger partial charge in [0.2, 0.25) is 16.0 Å². The van der Waals surface area contributed by atoms with Crippen molar-refractivity contribution in [2.75, 3.05) is 17.2 Å². The number of benzene rings is 1. The van der Waals surface area contributed by atoms with Gasteiger partial charge in [-0.2, -0.15) is 4.98 Å². The van der Waals surface area contributed by atoms with Crippen molar-refractivity contribution in [3.8, 4) is 0 Å². The molecule has 0 aliphatic heterocycles. The molecule has 0 aliphatic rings. The van der Waals surface area contributed by atoms with Gasteiger partial charge in [-0.25, -0.2) is 14.0 Å². The number of amides is 1. The van der Waals surface area contributed by atoms with Gasteiger partial charge in [0.05, 0.1) is 27.6 Å². The summed E-state index contributed by atoms with van der Waals surface area (Å²) in [6.07, 6.45) is 0.456. The van der Waals surface area contributed by atoms with E-state index >= 15 is 0 Å². The van der Waals surface area contributed by atoms with Crippen molar-refractivity contribution >= 4 is 49.5 Å². The monoisotopic (exact) mass is 501 g/mol. The van der Waals surface area contributed by atoms with Crippen LogP contribution in [0.5, 0.6) is 0 Å². The van der Waals surface area contributed by atoms with Crippen LogP contribution in [0, 0.1) is 0 Å². The Bertz CT molecular complexity index is 1020. The highest BCUT2D eigenvalue weighted by atomic mass is 79.9. The van der Waals surface area contributed by atoms with Crippen molar-refractivity contribution in [1.82, 2.24) is 9.97 Å². The maximum absolute atomic E-state index is 12.2. The van der Waals surface area contributed by atoms with Crippen LogP contribution in [0.2, 0.25) is 0 Å². The Morgan fingerprint density at radius 2 is 2.00 bits per heavy atom. The van der Waals surface area contributed by atoms with E-state index < -0.39 is 21.7 Å². The first kappa shape index (κ1) is 24.0. The lowest BCUT2D eigenvalue weighted by molar-refractivity contribution is 0.0647. The van der Waals surface area contributed by atoms with E-state index in [0.29, 0.717) is 16.0 Å². The van der Waals surface area contributed by atoms with Gasteiger partial charge in [0.15, 0.2) is 0 Å². The van der Waals surface area contributed by atoms with Crippen LogP contribution in [0.1, 0.15) is 27.7 Å². The molecule has 2 rings (SSSR count). The Labute approximate surface area is 183 Å². The number of hydrogen-bond donors (Lipinski definition) is 4. The number of carbonyl (C=O) groups is 1. The van der Waals surface area contributed by atoms with Crippen molar-refractivity contribution in [1.29, 1.82) is 0 Å². The number of ether oxygens (including phenoxy) is 1. The van der Waals surface area contributed by atoms with Crippen molar-refractivity contribution in [3.05, 3.63) is 34.9 Å². The molecule has 12 heteroatoms. The molecule has 2 aromatic rings. The third-order valence-electron chi connectivity index (χ3n) is 4.04. The van der Waals surface area contributed by atoms with Crippen molar-refractivity contribution in [2.45, 2.75) is 44.2 Å². The summed E-state index contributed by atoms with van der Waals surface area (Å²) in [7, 11) is -3.91. The van der Waals surface area contributed by atoms with Crippen LogP contribution in [0.3, 0.4) is 0 Å². The molecule has 1 aromatic heterocycles. The lowest BCUT2D eigenvalue weighted by atomic mass is 10.0. The van der Waals surface area contributed by atoms with Gasteiger partial charge in [-0.05, 0) is 67.9 Å². The Morgan fingerprint density at radius 1 is 1.37 bits per heavy atom. The van der Waals surface area contributed by atoms with Gasteiger partial charge in [-0.3, -0.25) is 4.55 Å². The van der Waals surface area contributed by atoms with Gasteiger partial charge in [0.25, 0.3) is 0 Å². The second-order valence-electron chi connectivity index (χ2n) is 6.85. The number of anilines is 3. The molecule has 0 saturated carbocycles. The molecule has 4 N–H and O–H groups in total. The Hall–Kier alpha value is -2.28. The Morgan fingerprint density at radius 3 is 2.57 bits per heavy atom. The van der Waals surface area contributed by atoms with Gasteiger partial charge in [-0.1, -0.05) is 4.36 Å². The fourth-order valence-corrected chi connectivity index (χ4v) is 3.21. The van der Waals surface area contributed by atoms with Gasteiger partial charge in [0.1, 0.15) is 5.82 Å². The summed E-state index contributed by atoms with van der Waals surface area (Å²) in [4.78, 5) is 19.9. The van der Waals surface area contributed by atoms with Crippen LogP contribution in [-0.2, 0) is 14.7 Å². The lowest BCUT2D eigenvalue weighted by Gasteiger charge is -2.27. The van der Waals surface area contributed by atoms with Crippen LogP contribution in [0.15, 0.2) is 44.2 Å². The summed E-state index contributed by atoms with van der Waals surface area (Å²) in [6, 6.07) is 5.51. The highest BCUT2D eigenvalue weighted by Crippen LogP contribution is 2.25. The van der Waals surface area contributed by atoms with E-state index in [2.05, 4.69) is 45.6 Å². The minimum Gasteiger partial charge on any atom is -0.448 e. The van der Waals surface area contributed by atoms with E-state index in [4.69, 9.17) is 0 Å².